The van der Waals surface area contributed by atoms with Gasteiger partial charge in [0.25, 0.3) is 5.56 Å². The number of anilines is 1. The first-order valence-electron chi connectivity index (χ1n) is 13.4. The molecule has 4 aromatic rings. The Bertz CT molecular complexity index is 1940. The van der Waals surface area contributed by atoms with Gasteiger partial charge in [0.1, 0.15) is 65.9 Å². The van der Waals surface area contributed by atoms with Crippen LogP contribution in [-0.2, 0) is 51.2 Å². The highest BCUT2D eigenvalue weighted by molar-refractivity contribution is 8.07. The summed E-state index contributed by atoms with van der Waals surface area (Å²) in [6.07, 6.45) is -5.88. The third kappa shape index (κ3) is 5.68. The van der Waals surface area contributed by atoms with Gasteiger partial charge in [-0.3, -0.25) is 13.8 Å². The number of hydrogen-bond acceptors (Lipinski definition) is 15. The Morgan fingerprint density at radius 3 is 2.27 bits per heavy atom. The molecule has 7 rings (SSSR count). The molecule has 2 bridgehead atoms. The van der Waals surface area contributed by atoms with Crippen molar-refractivity contribution < 1.29 is 47.6 Å². The van der Waals surface area contributed by atoms with Gasteiger partial charge in [0.2, 0.25) is 0 Å². The largest absolute Gasteiger partial charge is 0.387 e. The van der Waals surface area contributed by atoms with Crippen LogP contribution < -0.4 is 11.3 Å². The molecule has 7 heterocycles. The van der Waals surface area contributed by atoms with Crippen molar-refractivity contribution in [3.05, 3.63) is 47.0 Å². The second kappa shape index (κ2) is 11.5. The van der Waals surface area contributed by atoms with Crippen molar-refractivity contribution in [2.24, 2.45) is 0 Å². The fraction of sp³-hybridized carbons (Fsp3) is 0.478. The predicted molar refractivity (Wildman–Crippen MR) is 162 cm³/mol. The van der Waals surface area contributed by atoms with Gasteiger partial charge in [0.05, 0.1) is 24.0 Å². The van der Waals surface area contributed by atoms with Crippen LogP contribution >= 0.6 is 13.4 Å². The summed E-state index contributed by atoms with van der Waals surface area (Å²) in [4.78, 5) is 49.8. The van der Waals surface area contributed by atoms with E-state index >= 15 is 0 Å². The number of aliphatic hydroxyl groups excluding tert-OH is 2. The molecule has 0 aromatic carbocycles. The molecule has 7 N–H and O–H groups in total. The number of aromatic amines is 1. The molecule has 3 saturated heterocycles. The number of aromatic nitrogens is 6. The maximum atomic E-state index is 12.5. The highest BCUT2D eigenvalue weighted by Gasteiger charge is 2.52. The number of nitrogens with zero attached hydrogens (tertiary/aromatic N) is 5. The third-order valence-electron chi connectivity index (χ3n) is 7.72. The normalized spacial score (nSPS) is 37.7. The molecule has 3 aliphatic rings. The van der Waals surface area contributed by atoms with Gasteiger partial charge in [-0.2, -0.15) is 0 Å². The van der Waals surface area contributed by atoms with Crippen molar-refractivity contribution in [3.63, 3.8) is 0 Å². The Morgan fingerprint density at radius 1 is 0.911 bits per heavy atom. The molecule has 0 radical (unpaired) electrons. The van der Waals surface area contributed by atoms with Gasteiger partial charge < -0.3 is 58.4 Å². The lowest BCUT2D eigenvalue weighted by atomic mass is 10.1. The summed E-state index contributed by atoms with van der Waals surface area (Å²) in [6.45, 7) is -7.68. The zero-order valence-electron chi connectivity index (χ0n) is 23.1. The van der Waals surface area contributed by atoms with Gasteiger partial charge in [0, 0.05) is 12.4 Å². The van der Waals surface area contributed by atoms with Crippen LogP contribution in [0.25, 0.3) is 22.1 Å². The van der Waals surface area contributed by atoms with Gasteiger partial charge in [-0.05, 0) is 42.7 Å². The summed E-state index contributed by atoms with van der Waals surface area (Å²) in [7, 11) is 0. The maximum absolute atomic E-state index is 12.5. The van der Waals surface area contributed by atoms with E-state index in [0.717, 1.165) is 0 Å². The molecule has 4 unspecified atom stereocenters. The van der Waals surface area contributed by atoms with Crippen LogP contribution in [0.15, 0.2) is 35.6 Å². The van der Waals surface area contributed by atoms with E-state index in [9.17, 15) is 24.8 Å². The van der Waals surface area contributed by atoms with E-state index in [1.54, 1.807) is 19.2 Å². The zero-order chi connectivity index (χ0) is 31.8. The molecule has 0 aliphatic carbocycles. The summed E-state index contributed by atoms with van der Waals surface area (Å²) >= 11 is 10.6. The third-order valence-corrected chi connectivity index (χ3v) is 10.8. The topological polar surface area (TPSA) is 244 Å². The Hall–Kier alpha value is -2.26. The fourth-order valence-electron chi connectivity index (χ4n) is 5.66. The number of aryl methyl sites for hydroxylation is 1. The summed E-state index contributed by atoms with van der Waals surface area (Å²) in [5, 5.41) is 23.3. The lowest BCUT2D eigenvalue weighted by Crippen LogP contribution is -2.36. The van der Waals surface area contributed by atoms with Gasteiger partial charge >= 0.3 is 13.4 Å². The first kappa shape index (κ1) is 31.3. The van der Waals surface area contributed by atoms with E-state index in [1.165, 1.54) is 27.7 Å². The van der Waals surface area contributed by atoms with Crippen LogP contribution in [0.1, 0.15) is 18.3 Å². The van der Waals surface area contributed by atoms with Crippen molar-refractivity contribution in [2.45, 2.75) is 56.0 Å². The van der Waals surface area contributed by atoms with E-state index in [4.69, 9.17) is 56.9 Å². The van der Waals surface area contributed by atoms with Crippen LogP contribution in [0.2, 0.25) is 0 Å². The fourth-order valence-corrected chi connectivity index (χ4v) is 8.52. The van der Waals surface area contributed by atoms with Gasteiger partial charge in [-0.25, -0.2) is 15.0 Å². The van der Waals surface area contributed by atoms with Crippen molar-refractivity contribution in [1.29, 1.82) is 0 Å². The quantitative estimate of drug-likeness (QED) is 0.148. The number of hydrogen-bond donors (Lipinski definition) is 6. The molecule has 4 aromatic heterocycles. The standard InChI is InChI=1S/C23H27N7O11P2S2/c1-9-27-20-11(21(33)28-9)3-5-30(20)23-17-14(31)12(38-23)6-36-42(34,44)40-16-13(7-37-43(35,45)41-17)39-22(15(16)32)29-4-2-10-18(24)25-8-26-19(10)29/h2-5,8,12-17,22-23,31-32H,6-7H2,1H3,(H,34,44)(H,35,45)(H2,24,25,26)(H,27,28,33)/t12-,13-,14?,15?,16+,17+,22-,23-,42?,43?/m1/s1. The zero-order valence-corrected chi connectivity index (χ0v) is 26.5. The molecule has 3 fully saturated rings. The van der Waals surface area contributed by atoms with E-state index < -0.39 is 81.3 Å². The lowest BCUT2D eigenvalue weighted by Gasteiger charge is -2.28. The minimum atomic E-state index is -4.17. The van der Waals surface area contributed by atoms with Crippen LogP contribution in [0.4, 0.5) is 5.82 Å². The number of nitrogens with one attached hydrogen (secondary N) is 1. The minimum absolute atomic E-state index is 0.216. The molecule has 22 heteroatoms. The molecule has 0 spiro atoms. The van der Waals surface area contributed by atoms with Gasteiger partial charge in [0.15, 0.2) is 12.5 Å². The first-order chi connectivity index (χ1) is 21.3. The molecule has 45 heavy (non-hydrogen) atoms. The number of ether oxygens (including phenoxy) is 2. The van der Waals surface area contributed by atoms with Gasteiger partial charge in [-0.15, -0.1) is 0 Å². The Kier molecular flexibility index (Phi) is 7.98. The monoisotopic (exact) mass is 703 g/mol. The predicted octanol–water partition coefficient (Wildman–Crippen LogP) is -0.172. The van der Waals surface area contributed by atoms with Crippen molar-refractivity contribution in [3.8, 4) is 0 Å². The Morgan fingerprint density at radius 2 is 1.53 bits per heavy atom. The number of H-pyrrole nitrogens is 1. The molecular weight excluding hydrogens is 676 g/mol. The second-order valence-electron chi connectivity index (χ2n) is 10.6. The number of nitrogen functional groups attached to an aromatic ring is 1. The minimum Gasteiger partial charge on any atom is -0.387 e. The van der Waals surface area contributed by atoms with Crippen LogP contribution in [0, 0.1) is 6.92 Å². The van der Waals surface area contributed by atoms with Crippen molar-refractivity contribution >= 4 is 64.9 Å². The van der Waals surface area contributed by atoms with E-state index in [0.29, 0.717) is 16.9 Å². The highest BCUT2D eigenvalue weighted by Crippen LogP contribution is 2.54. The van der Waals surface area contributed by atoms with Crippen molar-refractivity contribution in [1.82, 2.24) is 29.1 Å². The molecule has 10 atom stereocenters. The average Bonchev–Trinajstić information content (AvgIpc) is 3.72. The van der Waals surface area contributed by atoms with Crippen LogP contribution in [0.5, 0.6) is 0 Å². The number of fused-ring (bicyclic) bond motifs is 5. The Balaban J connectivity index is 1.21. The molecule has 0 amide bonds. The summed E-state index contributed by atoms with van der Waals surface area (Å²) < 4.78 is 37.8. The Labute approximate surface area is 263 Å². The summed E-state index contributed by atoms with van der Waals surface area (Å²) in [5.74, 6) is 0.545. The second-order valence-corrected chi connectivity index (χ2v) is 16.2. The number of aliphatic hydroxyl groups is 2. The molecule has 18 nitrogen and oxygen atoms in total. The molecule has 3 aliphatic heterocycles. The van der Waals surface area contributed by atoms with E-state index in [1.807, 2.05) is 0 Å². The SMILES string of the molecule is Cc1nc2c(ccn2[C@@H]2O[C@@H]3COP(O)(=S)O[C@@H]4C(O)[C@H](n5ccc6c(N)ncnc65)O[C@@H]4COP(O)(=S)O[C@H]2C3O)c(=O)[nH]1. The van der Waals surface area contributed by atoms with Crippen LogP contribution in [-0.4, -0.2) is 98.9 Å². The van der Waals surface area contributed by atoms with Gasteiger partial charge in [-0.1, -0.05) is 0 Å². The average molecular weight is 704 g/mol. The highest BCUT2D eigenvalue weighted by atomic mass is 32.5. The van der Waals surface area contributed by atoms with Crippen LogP contribution in [0.3, 0.4) is 0 Å². The smallest absolute Gasteiger partial charge is 0.325 e. The maximum Gasteiger partial charge on any atom is 0.325 e. The number of rotatable bonds is 2. The molecule has 242 valence electrons. The summed E-state index contributed by atoms with van der Waals surface area (Å²) in [5.41, 5.74) is 6.14. The summed E-state index contributed by atoms with van der Waals surface area (Å²) in [6, 6.07) is 3.15. The lowest BCUT2D eigenvalue weighted by molar-refractivity contribution is -0.0604. The van der Waals surface area contributed by atoms with E-state index in [2.05, 4.69) is 19.9 Å². The number of nitrogens with two attached hydrogens (primary N) is 1. The van der Waals surface area contributed by atoms with Crippen molar-refractivity contribution in [2.75, 3.05) is 18.9 Å². The molecular formula is C23H27N7O11P2S2. The first-order valence-corrected chi connectivity index (χ1v) is 18.6. The van der Waals surface area contributed by atoms with E-state index in [-0.39, 0.29) is 16.9 Å². The molecule has 0 saturated carbocycles.